The van der Waals surface area contributed by atoms with Crippen LogP contribution in [0, 0.1) is 0 Å². The van der Waals surface area contributed by atoms with Crippen molar-refractivity contribution < 1.29 is 87.6 Å². The Hall–Kier alpha value is -1.32. The maximum Gasteiger partial charge on any atom is 0.438 e. The van der Waals surface area contributed by atoms with Crippen LogP contribution in [0.1, 0.15) is 12.8 Å². The van der Waals surface area contributed by atoms with Gasteiger partial charge in [-0.25, -0.2) is 0 Å². The van der Waals surface area contributed by atoms with E-state index >= 15 is 0 Å². The molecule has 0 unspecified atom stereocenters. The zero-order valence-corrected chi connectivity index (χ0v) is 15.0. The fourth-order valence-electron chi connectivity index (χ4n) is 1.62. The Labute approximate surface area is 165 Å². The SMILES string of the molecule is N.O=S(=O)(O)C(F)(F)C(F)(F)C(F)(F)C(F)(F)C(F)(F)C(F)(F)C(F)(F)CCC(F)(F)F. The van der Waals surface area contributed by atoms with E-state index in [1.807, 2.05) is 0 Å². The molecule has 0 aromatic heterocycles. The van der Waals surface area contributed by atoms with Crippen LogP contribution in [-0.4, -0.2) is 59.9 Å². The molecule has 0 aliphatic carbocycles. The Morgan fingerprint density at radius 1 is 0.500 bits per heavy atom. The molecule has 0 saturated carbocycles. The molecule has 4 N–H and O–H groups in total. The van der Waals surface area contributed by atoms with Crippen molar-refractivity contribution in [3.8, 4) is 0 Å². The van der Waals surface area contributed by atoms with Gasteiger partial charge in [0.05, 0.1) is 0 Å². The molecule has 0 saturated heterocycles. The van der Waals surface area contributed by atoms with Crippen molar-refractivity contribution in [2.24, 2.45) is 0 Å². The van der Waals surface area contributed by atoms with Crippen molar-refractivity contribution in [1.82, 2.24) is 6.15 Å². The molecule has 0 heterocycles. The Morgan fingerprint density at radius 3 is 1.06 bits per heavy atom. The topological polar surface area (TPSA) is 89.4 Å². The van der Waals surface area contributed by atoms with Crippen molar-refractivity contribution in [2.75, 3.05) is 0 Å². The van der Waals surface area contributed by atoms with Crippen molar-refractivity contribution in [2.45, 2.75) is 59.8 Å². The lowest BCUT2D eigenvalue weighted by molar-refractivity contribution is -0.436. The van der Waals surface area contributed by atoms with E-state index in [2.05, 4.69) is 0 Å². The molecular formula is C10H8F17NO3S. The fourth-order valence-corrected chi connectivity index (χ4v) is 2.07. The number of halogens is 17. The van der Waals surface area contributed by atoms with Gasteiger partial charge in [0.25, 0.3) is 0 Å². The van der Waals surface area contributed by atoms with E-state index in [0.29, 0.717) is 0 Å². The number of alkyl halides is 17. The van der Waals surface area contributed by atoms with Crippen LogP contribution in [0.15, 0.2) is 0 Å². The molecule has 0 radical (unpaired) electrons. The fraction of sp³-hybridized carbons (Fsp3) is 1.00. The monoisotopic (exact) mass is 545 g/mol. The number of rotatable bonds is 9. The molecule has 0 aromatic rings. The van der Waals surface area contributed by atoms with Gasteiger partial charge < -0.3 is 6.15 Å². The van der Waals surface area contributed by atoms with E-state index in [0.717, 1.165) is 0 Å². The third-order valence-electron chi connectivity index (χ3n) is 3.45. The second-order valence-corrected chi connectivity index (χ2v) is 7.15. The number of hydrogen-bond donors (Lipinski definition) is 2. The van der Waals surface area contributed by atoms with E-state index in [9.17, 15) is 83.1 Å². The summed E-state index contributed by atoms with van der Waals surface area (Å²) < 4.78 is 247. The Balaban J connectivity index is 0. The zero-order valence-electron chi connectivity index (χ0n) is 14.2. The van der Waals surface area contributed by atoms with Gasteiger partial charge in [-0.15, -0.1) is 0 Å². The van der Waals surface area contributed by atoms with E-state index < -0.39 is 69.9 Å². The van der Waals surface area contributed by atoms with E-state index in [1.165, 1.54) is 0 Å². The average Bonchev–Trinajstić information content (AvgIpc) is 2.50. The van der Waals surface area contributed by atoms with Crippen LogP contribution in [-0.2, 0) is 10.1 Å². The Kier molecular flexibility index (Phi) is 8.38. The predicted octanol–water partition coefficient (Wildman–Crippen LogP) is 5.78. The molecule has 0 fully saturated rings. The summed E-state index contributed by atoms with van der Waals surface area (Å²) in [5.41, 5.74) is 0. The van der Waals surface area contributed by atoms with Crippen molar-refractivity contribution >= 4 is 10.1 Å². The number of hydrogen-bond acceptors (Lipinski definition) is 3. The largest absolute Gasteiger partial charge is 0.438 e. The Bertz CT molecular complexity index is 772. The molecule has 32 heavy (non-hydrogen) atoms. The predicted molar refractivity (Wildman–Crippen MR) is 66.5 cm³/mol. The molecule has 0 aromatic carbocycles. The van der Waals surface area contributed by atoms with Gasteiger partial charge in [0.2, 0.25) is 0 Å². The quantitative estimate of drug-likeness (QED) is 0.284. The smallest absolute Gasteiger partial charge is 0.344 e. The van der Waals surface area contributed by atoms with Gasteiger partial charge in [0.1, 0.15) is 0 Å². The van der Waals surface area contributed by atoms with Crippen LogP contribution in [0.25, 0.3) is 0 Å². The average molecular weight is 545 g/mol. The van der Waals surface area contributed by atoms with Gasteiger partial charge in [-0.05, 0) is 0 Å². The molecule has 0 bridgehead atoms. The summed E-state index contributed by atoms with van der Waals surface area (Å²) in [5, 5.41) is -7.77. The van der Waals surface area contributed by atoms with E-state index in [-0.39, 0.29) is 6.15 Å². The van der Waals surface area contributed by atoms with Crippen molar-refractivity contribution in [3.63, 3.8) is 0 Å². The molecule has 196 valence electrons. The van der Waals surface area contributed by atoms with Crippen LogP contribution >= 0.6 is 0 Å². The Morgan fingerprint density at radius 2 is 0.781 bits per heavy atom. The lowest BCUT2D eigenvalue weighted by Crippen LogP contribution is -2.73. The van der Waals surface area contributed by atoms with Crippen LogP contribution in [0.5, 0.6) is 0 Å². The van der Waals surface area contributed by atoms with E-state index in [1.54, 1.807) is 0 Å². The molecule has 22 heteroatoms. The highest BCUT2D eigenvalue weighted by Gasteiger charge is 2.94. The second kappa shape index (κ2) is 8.17. The van der Waals surface area contributed by atoms with Gasteiger partial charge in [-0.2, -0.15) is 83.1 Å². The molecule has 0 spiro atoms. The molecule has 0 aliphatic rings. The summed E-state index contributed by atoms with van der Waals surface area (Å²) in [5.74, 6) is -49.1. The standard InChI is InChI=1S/C10H5F17O3S.H3N/c11-3(12,1-2-4(13,14)15)5(16,17)6(18,19)7(20,21)8(22,23)9(24,25)10(26,27)31(28,29)30;/h1-2H2,(H,28,29,30);1H3. The van der Waals surface area contributed by atoms with Crippen LogP contribution in [0.4, 0.5) is 74.6 Å². The molecule has 0 rings (SSSR count). The summed E-state index contributed by atoms with van der Waals surface area (Å²) in [6.45, 7) is 0. The minimum Gasteiger partial charge on any atom is -0.344 e. The van der Waals surface area contributed by atoms with Crippen LogP contribution < -0.4 is 6.15 Å². The van der Waals surface area contributed by atoms with Gasteiger partial charge in [0, 0.05) is 12.8 Å². The first-order chi connectivity index (χ1) is 13.0. The van der Waals surface area contributed by atoms with Crippen molar-refractivity contribution in [1.29, 1.82) is 0 Å². The second-order valence-electron chi connectivity index (χ2n) is 5.68. The lowest BCUT2D eigenvalue weighted by atomic mass is 9.90. The molecular weight excluding hydrogens is 537 g/mol. The maximum absolute atomic E-state index is 13.3. The van der Waals surface area contributed by atoms with Gasteiger partial charge in [-0.3, -0.25) is 4.55 Å². The minimum atomic E-state index is -8.66. The van der Waals surface area contributed by atoms with Gasteiger partial charge in [-0.1, -0.05) is 0 Å². The molecule has 0 aliphatic heterocycles. The first-order valence-corrected chi connectivity index (χ1v) is 8.08. The lowest BCUT2D eigenvalue weighted by Gasteiger charge is -2.42. The van der Waals surface area contributed by atoms with Gasteiger partial charge in [0.15, 0.2) is 0 Å². The zero-order chi connectivity index (χ0) is 25.9. The minimum absolute atomic E-state index is 0. The normalized spacial score (nSPS) is 16.1. The summed E-state index contributed by atoms with van der Waals surface area (Å²) in [6, 6.07) is 0. The van der Waals surface area contributed by atoms with Gasteiger partial charge >= 0.3 is 57.1 Å². The maximum atomic E-state index is 13.3. The first-order valence-electron chi connectivity index (χ1n) is 6.64. The van der Waals surface area contributed by atoms with Crippen LogP contribution in [0.3, 0.4) is 0 Å². The highest BCUT2D eigenvalue weighted by atomic mass is 32.2. The third-order valence-corrected chi connectivity index (χ3v) is 4.35. The summed E-state index contributed by atoms with van der Waals surface area (Å²) >= 11 is 0. The third kappa shape index (κ3) is 4.66. The van der Waals surface area contributed by atoms with Crippen LogP contribution in [0.2, 0.25) is 0 Å². The summed E-state index contributed by atoms with van der Waals surface area (Å²) in [6.07, 6.45) is -12.4. The van der Waals surface area contributed by atoms with Crippen molar-refractivity contribution in [3.05, 3.63) is 0 Å². The summed E-state index contributed by atoms with van der Waals surface area (Å²) in [7, 11) is -7.84. The summed E-state index contributed by atoms with van der Waals surface area (Å²) in [4.78, 5) is 0. The first kappa shape index (κ1) is 32.9. The van der Waals surface area contributed by atoms with E-state index in [4.69, 9.17) is 4.55 Å². The molecule has 0 amide bonds. The molecule has 0 atom stereocenters. The highest BCUT2D eigenvalue weighted by Crippen LogP contribution is 2.63. The molecule has 4 nitrogen and oxygen atoms in total. The highest BCUT2D eigenvalue weighted by molar-refractivity contribution is 7.87.